The van der Waals surface area contributed by atoms with Gasteiger partial charge in [-0.3, -0.25) is 4.79 Å². The van der Waals surface area contributed by atoms with Crippen molar-refractivity contribution in [1.29, 1.82) is 0 Å². The molecule has 1 saturated heterocycles. The van der Waals surface area contributed by atoms with Gasteiger partial charge >= 0.3 is 6.03 Å². The SMILES string of the molecule is COc1ccccc1NC(=O)N1CCN(C(=O)c2cc3ccsc3n2Cc2cccc(F)c2)CC1C. The molecule has 2 aromatic carbocycles. The number of piperazine rings is 1. The second-order valence-electron chi connectivity index (χ2n) is 8.85. The van der Waals surface area contributed by atoms with E-state index in [0.717, 1.165) is 15.8 Å². The molecule has 1 aliphatic heterocycles. The summed E-state index contributed by atoms with van der Waals surface area (Å²) in [5.74, 6) is 0.198. The van der Waals surface area contributed by atoms with Gasteiger partial charge in [-0.15, -0.1) is 11.3 Å². The molecule has 1 aliphatic rings. The lowest BCUT2D eigenvalue weighted by Gasteiger charge is -2.39. The summed E-state index contributed by atoms with van der Waals surface area (Å²) in [5, 5.41) is 5.89. The molecule has 0 aliphatic carbocycles. The van der Waals surface area contributed by atoms with E-state index < -0.39 is 0 Å². The molecular formula is C27H27FN4O3S. The lowest BCUT2D eigenvalue weighted by molar-refractivity contribution is 0.0583. The third-order valence-electron chi connectivity index (χ3n) is 6.48. The van der Waals surface area contributed by atoms with Crippen LogP contribution in [0.15, 0.2) is 66.0 Å². The highest BCUT2D eigenvalue weighted by Crippen LogP contribution is 2.28. The molecule has 1 atom stereocenters. The number of thiophene rings is 1. The van der Waals surface area contributed by atoms with Gasteiger partial charge in [-0.1, -0.05) is 24.3 Å². The van der Waals surface area contributed by atoms with Crippen LogP contribution in [0.5, 0.6) is 5.75 Å². The normalized spacial score (nSPS) is 15.8. The van der Waals surface area contributed by atoms with Gasteiger partial charge in [-0.05, 0) is 54.3 Å². The molecule has 3 amide bonds. The second-order valence-corrected chi connectivity index (χ2v) is 9.75. The van der Waals surface area contributed by atoms with Gasteiger partial charge in [0.25, 0.3) is 5.91 Å². The second kappa shape index (κ2) is 10.0. The van der Waals surface area contributed by atoms with Crippen LogP contribution >= 0.6 is 11.3 Å². The van der Waals surface area contributed by atoms with Crippen molar-refractivity contribution in [2.45, 2.75) is 19.5 Å². The Kier molecular flexibility index (Phi) is 6.65. The number of ether oxygens (including phenoxy) is 1. The van der Waals surface area contributed by atoms with Crippen LogP contribution in [0, 0.1) is 5.82 Å². The third kappa shape index (κ3) is 4.66. The van der Waals surface area contributed by atoms with Gasteiger partial charge in [0.1, 0.15) is 22.1 Å². The summed E-state index contributed by atoms with van der Waals surface area (Å²) in [7, 11) is 1.56. The van der Waals surface area contributed by atoms with Gasteiger partial charge in [-0.25, -0.2) is 9.18 Å². The zero-order valence-electron chi connectivity index (χ0n) is 20.1. The van der Waals surface area contributed by atoms with Crippen molar-refractivity contribution < 1.29 is 18.7 Å². The molecule has 0 saturated carbocycles. The summed E-state index contributed by atoms with van der Waals surface area (Å²) in [5.41, 5.74) is 1.97. The number of hydrogen-bond donors (Lipinski definition) is 1. The van der Waals surface area contributed by atoms with Gasteiger partial charge in [0.05, 0.1) is 12.8 Å². The highest BCUT2D eigenvalue weighted by atomic mass is 32.1. The number of anilines is 1. The molecule has 7 nitrogen and oxygen atoms in total. The highest BCUT2D eigenvalue weighted by molar-refractivity contribution is 7.16. The maximum Gasteiger partial charge on any atom is 0.322 e. The van der Waals surface area contributed by atoms with Crippen molar-refractivity contribution in [3.63, 3.8) is 0 Å². The first-order valence-corrected chi connectivity index (χ1v) is 12.6. The summed E-state index contributed by atoms with van der Waals surface area (Å²) in [6, 6.07) is 17.2. The molecule has 5 rings (SSSR count). The van der Waals surface area contributed by atoms with Crippen molar-refractivity contribution in [3.05, 3.63) is 83.1 Å². The maximum atomic E-state index is 13.8. The number of nitrogens with one attached hydrogen (secondary N) is 1. The molecule has 9 heteroatoms. The zero-order valence-corrected chi connectivity index (χ0v) is 20.9. The number of halogens is 1. The van der Waals surface area contributed by atoms with Crippen molar-refractivity contribution in [2.75, 3.05) is 32.1 Å². The topological polar surface area (TPSA) is 66.8 Å². The number of nitrogens with zero attached hydrogens (tertiary/aromatic N) is 3. The van der Waals surface area contributed by atoms with Crippen LogP contribution in [0.1, 0.15) is 23.0 Å². The van der Waals surface area contributed by atoms with E-state index in [1.807, 2.05) is 47.2 Å². The Morgan fingerprint density at radius 3 is 2.72 bits per heavy atom. The average molecular weight is 507 g/mol. The monoisotopic (exact) mass is 506 g/mol. The molecule has 1 unspecified atom stereocenters. The van der Waals surface area contributed by atoms with Crippen LogP contribution in [-0.2, 0) is 6.54 Å². The molecule has 1 N–H and O–H groups in total. The predicted molar refractivity (Wildman–Crippen MR) is 139 cm³/mol. The Morgan fingerprint density at radius 1 is 1.11 bits per heavy atom. The lowest BCUT2D eigenvalue weighted by Crippen LogP contribution is -2.56. The van der Waals surface area contributed by atoms with Crippen LogP contribution in [0.25, 0.3) is 10.2 Å². The maximum absolute atomic E-state index is 13.8. The zero-order chi connectivity index (χ0) is 25.2. The summed E-state index contributed by atoms with van der Waals surface area (Å²) >= 11 is 1.56. The number of hydrogen-bond acceptors (Lipinski definition) is 4. The molecule has 186 valence electrons. The van der Waals surface area contributed by atoms with Crippen molar-refractivity contribution in [3.8, 4) is 5.75 Å². The number of methoxy groups -OCH3 is 1. The van der Waals surface area contributed by atoms with Crippen molar-refractivity contribution in [1.82, 2.24) is 14.4 Å². The first-order chi connectivity index (χ1) is 17.4. The number of amides is 3. The first-order valence-electron chi connectivity index (χ1n) is 11.8. The molecule has 2 aromatic heterocycles. The van der Waals surface area contributed by atoms with Crippen molar-refractivity contribution in [2.24, 2.45) is 0 Å². The van der Waals surface area contributed by atoms with Crippen LogP contribution < -0.4 is 10.1 Å². The van der Waals surface area contributed by atoms with Gasteiger partial charge in [0, 0.05) is 37.6 Å². The van der Waals surface area contributed by atoms with Gasteiger partial charge in [0.2, 0.25) is 0 Å². The minimum atomic E-state index is -0.300. The molecule has 0 bridgehead atoms. The van der Waals surface area contributed by atoms with Gasteiger partial charge in [0.15, 0.2) is 0 Å². The number of aromatic nitrogens is 1. The number of benzene rings is 2. The van der Waals surface area contributed by atoms with E-state index in [2.05, 4.69) is 5.32 Å². The Hall–Kier alpha value is -3.85. The van der Waals surface area contributed by atoms with E-state index in [1.54, 1.807) is 46.4 Å². The Labute approximate surface area is 212 Å². The predicted octanol–water partition coefficient (Wildman–Crippen LogP) is 5.28. The largest absolute Gasteiger partial charge is 0.495 e. The summed E-state index contributed by atoms with van der Waals surface area (Å²) in [6.07, 6.45) is 0. The lowest BCUT2D eigenvalue weighted by atomic mass is 10.1. The average Bonchev–Trinajstić information content (AvgIpc) is 3.46. The number of fused-ring (bicyclic) bond motifs is 1. The molecular weight excluding hydrogens is 479 g/mol. The number of para-hydroxylation sites is 2. The van der Waals surface area contributed by atoms with Crippen LogP contribution in [-0.4, -0.2) is 59.1 Å². The summed E-state index contributed by atoms with van der Waals surface area (Å²) in [6.45, 7) is 3.58. The fourth-order valence-electron chi connectivity index (χ4n) is 4.67. The van der Waals surface area contributed by atoms with E-state index in [-0.39, 0.29) is 23.8 Å². The van der Waals surface area contributed by atoms with E-state index >= 15 is 0 Å². The van der Waals surface area contributed by atoms with E-state index in [9.17, 15) is 14.0 Å². The number of rotatable bonds is 5. The van der Waals surface area contributed by atoms with E-state index in [1.165, 1.54) is 12.1 Å². The van der Waals surface area contributed by atoms with Gasteiger partial charge < -0.3 is 24.4 Å². The Balaban J connectivity index is 1.32. The Morgan fingerprint density at radius 2 is 1.94 bits per heavy atom. The fraction of sp³-hybridized carbons (Fsp3) is 0.259. The minimum absolute atomic E-state index is 0.0913. The molecule has 4 aromatic rings. The molecule has 1 fully saturated rings. The number of carbonyl (C=O) groups is 2. The summed E-state index contributed by atoms with van der Waals surface area (Å²) < 4.78 is 21.1. The van der Waals surface area contributed by atoms with Gasteiger partial charge in [-0.2, -0.15) is 0 Å². The van der Waals surface area contributed by atoms with E-state index in [0.29, 0.717) is 43.3 Å². The standard InChI is InChI=1S/C27H27FN4O3S/c1-18-16-30(11-12-31(18)27(34)29-22-8-3-4-9-24(22)35-2)25(33)23-15-20-10-13-36-26(20)32(23)17-19-6-5-7-21(28)14-19/h3-10,13-15,18H,11-12,16-17H2,1-2H3,(H,29,34). The van der Waals surface area contributed by atoms with Crippen molar-refractivity contribution >= 4 is 39.2 Å². The third-order valence-corrected chi connectivity index (χ3v) is 7.43. The van der Waals surface area contributed by atoms with E-state index in [4.69, 9.17) is 4.74 Å². The smallest absolute Gasteiger partial charge is 0.322 e. The summed E-state index contributed by atoms with van der Waals surface area (Å²) in [4.78, 5) is 31.1. The number of carbonyl (C=O) groups excluding carboxylic acids is 2. The van der Waals surface area contributed by atoms with Crippen LogP contribution in [0.2, 0.25) is 0 Å². The quantitative estimate of drug-likeness (QED) is 0.401. The molecule has 0 radical (unpaired) electrons. The minimum Gasteiger partial charge on any atom is -0.495 e. The highest BCUT2D eigenvalue weighted by Gasteiger charge is 2.32. The van der Waals surface area contributed by atoms with Crippen LogP contribution in [0.4, 0.5) is 14.9 Å². The number of urea groups is 1. The fourth-order valence-corrected chi connectivity index (χ4v) is 5.56. The van der Waals surface area contributed by atoms with Crippen LogP contribution in [0.3, 0.4) is 0 Å². The molecule has 0 spiro atoms. The Bertz CT molecular complexity index is 1420. The molecule has 3 heterocycles. The first kappa shape index (κ1) is 23.9. The molecule has 36 heavy (non-hydrogen) atoms.